The molecule has 3 N–H and O–H groups in total. The van der Waals surface area contributed by atoms with Gasteiger partial charge in [0.05, 0.1) is 7.11 Å². The van der Waals surface area contributed by atoms with Gasteiger partial charge in [-0.05, 0) is 37.1 Å². The van der Waals surface area contributed by atoms with E-state index in [9.17, 15) is 18.4 Å². The van der Waals surface area contributed by atoms with Crippen LogP contribution in [0.5, 0.6) is 0 Å². The van der Waals surface area contributed by atoms with Crippen molar-refractivity contribution in [1.29, 1.82) is 5.41 Å². The number of piperidine rings is 1. The zero-order chi connectivity index (χ0) is 30.5. The average molecular weight is 599 g/mol. The fourth-order valence-corrected chi connectivity index (χ4v) is 4.74. The number of nitrogens with zero attached hydrogens (tertiary/aromatic N) is 3. The number of amides is 1. The first-order valence-electron chi connectivity index (χ1n) is 13.4. The van der Waals surface area contributed by atoms with E-state index in [1.165, 1.54) is 27.2 Å². The lowest BCUT2D eigenvalue weighted by Crippen LogP contribution is -2.50. The smallest absolute Gasteiger partial charge is 0.330 e. The van der Waals surface area contributed by atoms with Gasteiger partial charge in [0.1, 0.15) is 16.9 Å². The number of hydrogen-bond acceptors (Lipinski definition) is 8. The molecule has 42 heavy (non-hydrogen) atoms. The minimum Gasteiger partial charge on any atom is -0.467 e. The number of rotatable bonds is 10. The Hall–Kier alpha value is -4.12. The van der Waals surface area contributed by atoms with Crippen LogP contribution in [0.4, 0.5) is 20.5 Å². The summed E-state index contributed by atoms with van der Waals surface area (Å²) >= 11 is 6.06. The van der Waals surface area contributed by atoms with Gasteiger partial charge in [0.2, 0.25) is 5.95 Å². The summed E-state index contributed by atoms with van der Waals surface area (Å²) < 4.78 is 32.4. The van der Waals surface area contributed by atoms with Gasteiger partial charge in [-0.25, -0.2) is 18.6 Å². The van der Waals surface area contributed by atoms with E-state index in [-0.39, 0.29) is 49.8 Å². The molecular weight excluding hydrogens is 566 g/mol. The number of anilines is 2. The van der Waals surface area contributed by atoms with Crippen LogP contribution in [0.25, 0.3) is 0 Å². The van der Waals surface area contributed by atoms with E-state index in [4.69, 9.17) is 21.7 Å². The fourth-order valence-electron chi connectivity index (χ4n) is 4.62. The molecule has 12 heteroatoms. The molecular formula is C30H33ClF2N6O3. The third-order valence-electron chi connectivity index (χ3n) is 7.10. The van der Waals surface area contributed by atoms with Crippen molar-refractivity contribution in [3.63, 3.8) is 0 Å². The van der Waals surface area contributed by atoms with Gasteiger partial charge in [0.15, 0.2) is 0 Å². The Balaban J connectivity index is 1.67. The first kappa shape index (κ1) is 30.8. The van der Waals surface area contributed by atoms with Gasteiger partial charge < -0.3 is 25.7 Å². The highest BCUT2D eigenvalue weighted by Gasteiger charge is 2.36. The molecule has 0 saturated carbocycles. The molecule has 1 saturated heterocycles. The second-order valence-electron chi connectivity index (χ2n) is 10.6. The number of methoxy groups -OCH3 is 1. The first-order valence-corrected chi connectivity index (χ1v) is 13.8. The van der Waals surface area contributed by atoms with Gasteiger partial charge >= 0.3 is 5.97 Å². The van der Waals surface area contributed by atoms with Crippen LogP contribution >= 0.6 is 11.6 Å². The maximum atomic E-state index is 13.8. The van der Waals surface area contributed by atoms with Crippen molar-refractivity contribution in [2.75, 3.05) is 37.0 Å². The number of halogens is 3. The summed E-state index contributed by atoms with van der Waals surface area (Å²) in [7, 11) is 1.22. The van der Waals surface area contributed by atoms with E-state index in [2.05, 4.69) is 20.6 Å². The monoisotopic (exact) mass is 598 g/mol. The summed E-state index contributed by atoms with van der Waals surface area (Å²) in [6, 6.07) is 16.4. The summed E-state index contributed by atoms with van der Waals surface area (Å²) in [5.74, 6) is -4.14. The molecule has 0 radical (unpaired) electrons. The predicted octanol–water partition coefficient (Wildman–Crippen LogP) is 5.31. The topological polar surface area (TPSA) is 120 Å². The van der Waals surface area contributed by atoms with E-state index in [0.717, 1.165) is 5.56 Å². The van der Waals surface area contributed by atoms with Crippen LogP contribution in [0.3, 0.4) is 0 Å². The number of nitrogens with one attached hydrogen (secondary N) is 3. The maximum Gasteiger partial charge on any atom is 0.330 e. The van der Waals surface area contributed by atoms with E-state index in [1.54, 1.807) is 29.2 Å². The van der Waals surface area contributed by atoms with Crippen LogP contribution < -0.4 is 15.5 Å². The number of hydrogen-bond donors (Lipinski definition) is 3. The van der Waals surface area contributed by atoms with Crippen LogP contribution in [-0.2, 0) is 9.53 Å². The molecule has 1 amide bonds. The van der Waals surface area contributed by atoms with E-state index in [1.807, 2.05) is 30.3 Å². The predicted molar refractivity (Wildman–Crippen MR) is 158 cm³/mol. The normalized spacial score (nSPS) is 15.4. The van der Waals surface area contributed by atoms with Crippen LogP contribution in [0.1, 0.15) is 54.1 Å². The number of carbonyl (C=O) groups excluding carboxylic acids is 2. The lowest BCUT2D eigenvalue weighted by Gasteiger charge is -2.32. The Morgan fingerprint density at radius 1 is 1.12 bits per heavy atom. The summed E-state index contributed by atoms with van der Waals surface area (Å²) in [5, 5.41) is 15.4. The molecule has 0 spiro atoms. The third-order valence-corrected chi connectivity index (χ3v) is 7.35. The SMILES string of the molecule is COC(=O)C(C)(C)NC(=O)c1cnc(N2CCC(F)(F)CC2)nc1NCC(C(=N)c1ccc(Cl)cc1)c1ccccc1. The van der Waals surface area contributed by atoms with Crippen LogP contribution in [0.2, 0.25) is 5.02 Å². The summed E-state index contributed by atoms with van der Waals surface area (Å²) in [4.78, 5) is 36.1. The fraction of sp³-hybridized carbons (Fsp3) is 0.367. The molecule has 9 nitrogen and oxygen atoms in total. The highest BCUT2D eigenvalue weighted by molar-refractivity contribution is 6.30. The molecule has 1 fully saturated rings. The number of alkyl halides is 2. The maximum absolute atomic E-state index is 13.8. The quantitative estimate of drug-likeness (QED) is 0.214. The zero-order valence-electron chi connectivity index (χ0n) is 23.6. The van der Waals surface area contributed by atoms with Crippen molar-refractivity contribution in [2.24, 2.45) is 0 Å². The van der Waals surface area contributed by atoms with Crippen molar-refractivity contribution in [3.8, 4) is 0 Å². The number of aromatic nitrogens is 2. The molecule has 1 aliphatic heterocycles. The van der Waals surface area contributed by atoms with Gasteiger partial charge in [-0.1, -0.05) is 54.1 Å². The molecule has 1 unspecified atom stereocenters. The summed E-state index contributed by atoms with van der Waals surface area (Å²) in [6.45, 7) is 3.29. The highest BCUT2D eigenvalue weighted by atomic mass is 35.5. The minimum atomic E-state index is -2.75. The Kier molecular flexibility index (Phi) is 9.40. The van der Waals surface area contributed by atoms with Crippen molar-refractivity contribution in [3.05, 3.63) is 82.5 Å². The highest BCUT2D eigenvalue weighted by Crippen LogP contribution is 2.30. The number of benzene rings is 2. The summed E-state index contributed by atoms with van der Waals surface area (Å²) in [5.41, 5.74) is 0.545. The second kappa shape index (κ2) is 12.8. The third kappa shape index (κ3) is 7.39. The van der Waals surface area contributed by atoms with Crippen LogP contribution in [0, 0.1) is 5.41 Å². The molecule has 3 aromatic rings. The van der Waals surface area contributed by atoms with Gasteiger partial charge in [-0.3, -0.25) is 4.79 Å². The molecule has 4 rings (SSSR count). The van der Waals surface area contributed by atoms with Crippen LogP contribution in [0.15, 0.2) is 60.8 Å². The molecule has 1 aliphatic rings. The van der Waals surface area contributed by atoms with E-state index < -0.39 is 29.3 Å². The van der Waals surface area contributed by atoms with E-state index >= 15 is 0 Å². The van der Waals surface area contributed by atoms with E-state index in [0.29, 0.717) is 16.3 Å². The Morgan fingerprint density at radius 3 is 2.38 bits per heavy atom. The molecule has 1 aromatic heterocycles. The Bertz CT molecular complexity index is 1430. The van der Waals surface area contributed by atoms with Crippen molar-refractivity contribution in [2.45, 2.75) is 44.1 Å². The number of ether oxygens (including phenoxy) is 1. The van der Waals surface area contributed by atoms with Gasteiger partial charge in [0, 0.05) is 55.3 Å². The summed E-state index contributed by atoms with van der Waals surface area (Å²) in [6.07, 6.45) is 0.647. The van der Waals surface area contributed by atoms with Crippen LogP contribution in [-0.4, -0.2) is 65.8 Å². The molecule has 2 aromatic carbocycles. The molecule has 0 aliphatic carbocycles. The van der Waals surface area contributed by atoms with Crippen molar-refractivity contribution < 1.29 is 23.1 Å². The van der Waals surface area contributed by atoms with Crippen molar-refractivity contribution >= 4 is 41.0 Å². The first-order chi connectivity index (χ1) is 19.9. The Labute approximate surface area is 248 Å². The van der Waals surface area contributed by atoms with Gasteiger partial charge in [0.25, 0.3) is 11.8 Å². The lowest BCUT2D eigenvalue weighted by atomic mass is 9.90. The number of carbonyl (C=O) groups is 2. The van der Waals surface area contributed by atoms with Crippen molar-refractivity contribution in [1.82, 2.24) is 15.3 Å². The Morgan fingerprint density at radius 2 is 1.76 bits per heavy atom. The molecule has 2 heterocycles. The number of esters is 1. The zero-order valence-corrected chi connectivity index (χ0v) is 24.3. The van der Waals surface area contributed by atoms with Gasteiger partial charge in [-0.2, -0.15) is 4.98 Å². The van der Waals surface area contributed by atoms with Gasteiger partial charge in [-0.15, -0.1) is 0 Å². The molecule has 0 bridgehead atoms. The average Bonchev–Trinajstić information content (AvgIpc) is 2.97. The standard InChI is InChI=1S/C30H33ClF2N6O3/c1-29(2,27(41)42-3)38-26(40)23-18-36-28(39-15-13-30(32,33)14-16-39)37-25(23)35-17-22(19-7-5-4-6-8-19)24(34)20-9-11-21(31)12-10-20/h4-12,18,22,34H,13-17H2,1-3H3,(H,38,40)(H,35,36,37). The molecule has 222 valence electrons. The largest absolute Gasteiger partial charge is 0.467 e. The second-order valence-corrected chi connectivity index (χ2v) is 11.0. The minimum absolute atomic E-state index is 0.0444. The molecule has 1 atom stereocenters. The lowest BCUT2D eigenvalue weighted by molar-refractivity contribution is -0.146.